The summed E-state index contributed by atoms with van der Waals surface area (Å²) in [4.78, 5) is 51.3. The number of carbonyl (C=O) groups is 4. The molecule has 2 saturated heterocycles. The van der Waals surface area contributed by atoms with Crippen molar-refractivity contribution in [2.45, 2.75) is 25.2 Å². The Bertz CT molecular complexity index is 879. The number of carboxylic acids is 1. The first kappa shape index (κ1) is 24.1. The van der Waals surface area contributed by atoms with Crippen LogP contribution in [0.3, 0.4) is 0 Å². The van der Waals surface area contributed by atoms with E-state index >= 15 is 0 Å². The first-order valence-electron chi connectivity index (χ1n) is 10.1. The Morgan fingerprint density at radius 3 is 2.47 bits per heavy atom. The molecule has 2 aliphatic heterocycles. The predicted molar refractivity (Wildman–Crippen MR) is 120 cm³/mol. The Hall–Kier alpha value is -2.50. The van der Waals surface area contributed by atoms with Crippen LogP contribution < -0.4 is 15.5 Å². The first-order valence-corrected chi connectivity index (χ1v) is 11.6. The molecule has 3 N–H and O–H groups in total. The zero-order valence-corrected chi connectivity index (χ0v) is 19.0. The van der Waals surface area contributed by atoms with Crippen molar-refractivity contribution in [3.05, 3.63) is 29.3 Å². The molecule has 0 unspecified atom stereocenters. The van der Waals surface area contributed by atoms with Crippen molar-refractivity contribution in [3.8, 4) is 0 Å². The minimum absolute atomic E-state index is 0.198. The summed E-state index contributed by atoms with van der Waals surface area (Å²) >= 11 is 7.55. The van der Waals surface area contributed by atoms with E-state index in [1.165, 1.54) is 18.7 Å². The summed E-state index contributed by atoms with van der Waals surface area (Å²) in [6, 6.07) is 6.63. The van der Waals surface area contributed by atoms with Gasteiger partial charge in [0.2, 0.25) is 11.8 Å². The normalized spacial score (nSPS) is 20.9. The second kappa shape index (κ2) is 10.9. The second-order valence-electron chi connectivity index (χ2n) is 7.39. The van der Waals surface area contributed by atoms with Crippen LogP contribution in [0.2, 0.25) is 5.02 Å². The molecule has 3 amide bonds. The molecule has 1 aromatic rings. The second-order valence-corrected chi connectivity index (χ2v) is 8.83. The van der Waals surface area contributed by atoms with E-state index < -0.39 is 30.1 Å². The molecule has 0 aliphatic carbocycles. The quantitative estimate of drug-likeness (QED) is 0.256. The standard InChI is InChI=1S/C20H25ClN4O6S/c1-12(26)22-11-32-10-14(23-18(27)16-17(31-16)20(29)30)19(28)25-8-6-24(7-9-25)15-5-3-2-4-13(15)21/h2-5,14,16-17H,6-11H2,1H3,(H,22,26)(H,23,27)(H,29,30)/t14-,16+,17+/m1/s1. The Morgan fingerprint density at radius 2 is 1.88 bits per heavy atom. The molecule has 3 atom stereocenters. The number of epoxide rings is 1. The van der Waals surface area contributed by atoms with Crippen LogP contribution in [0.4, 0.5) is 5.69 Å². The summed E-state index contributed by atoms with van der Waals surface area (Å²) in [5, 5.41) is 14.8. The maximum absolute atomic E-state index is 13.1. The summed E-state index contributed by atoms with van der Waals surface area (Å²) in [6.07, 6.45) is -2.28. The third-order valence-corrected chi connectivity index (χ3v) is 6.34. The van der Waals surface area contributed by atoms with Crippen LogP contribution in [-0.2, 0) is 23.9 Å². The molecule has 12 heteroatoms. The number of ether oxygens (including phenoxy) is 1. The monoisotopic (exact) mass is 484 g/mol. The van der Waals surface area contributed by atoms with Crippen LogP contribution in [0.1, 0.15) is 6.92 Å². The van der Waals surface area contributed by atoms with Gasteiger partial charge in [-0.25, -0.2) is 4.79 Å². The lowest BCUT2D eigenvalue weighted by Crippen LogP contribution is -2.56. The number of rotatable bonds is 9. The largest absolute Gasteiger partial charge is 0.479 e. The topological polar surface area (TPSA) is 132 Å². The van der Waals surface area contributed by atoms with E-state index in [4.69, 9.17) is 21.4 Å². The fraction of sp³-hybridized carbons (Fsp3) is 0.500. The van der Waals surface area contributed by atoms with Crippen molar-refractivity contribution >= 4 is 52.7 Å². The van der Waals surface area contributed by atoms with Crippen molar-refractivity contribution in [1.82, 2.24) is 15.5 Å². The van der Waals surface area contributed by atoms with E-state index in [9.17, 15) is 19.2 Å². The lowest BCUT2D eigenvalue weighted by molar-refractivity contribution is -0.138. The number of nitrogens with one attached hydrogen (secondary N) is 2. The highest BCUT2D eigenvalue weighted by atomic mass is 35.5. The van der Waals surface area contributed by atoms with Gasteiger partial charge in [-0.3, -0.25) is 14.4 Å². The molecule has 3 rings (SSSR count). The molecule has 2 heterocycles. The van der Waals surface area contributed by atoms with Gasteiger partial charge in [0.05, 0.1) is 16.6 Å². The van der Waals surface area contributed by atoms with Gasteiger partial charge >= 0.3 is 5.97 Å². The zero-order chi connectivity index (χ0) is 23.3. The molecular formula is C20H25ClN4O6S. The van der Waals surface area contributed by atoms with Crippen LogP contribution in [0.5, 0.6) is 0 Å². The molecule has 32 heavy (non-hydrogen) atoms. The van der Waals surface area contributed by atoms with Gasteiger partial charge in [0.25, 0.3) is 5.91 Å². The van der Waals surface area contributed by atoms with Crippen LogP contribution >= 0.6 is 23.4 Å². The van der Waals surface area contributed by atoms with Crippen molar-refractivity contribution in [1.29, 1.82) is 0 Å². The van der Waals surface area contributed by atoms with Gasteiger partial charge in [-0.1, -0.05) is 23.7 Å². The van der Waals surface area contributed by atoms with Crippen LogP contribution in [-0.4, -0.2) is 89.8 Å². The van der Waals surface area contributed by atoms with E-state index in [-0.39, 0.29) is 23.4 Å². The van der Waals surface area contributed by atoms with Gasteiger partial charge in [0.1, 0.15) is 6.04 Å². The molecule has 0 aromatic heterocycles. The molecule has 0 bridgehead atoms. The lowest BCUT2D eigenvalue weighted by atomic mass is 10.2. The van der Waals surface area contributed by atoms with E-state index in [2.05, 4.69) is 15.5 Å². The number of nitrogens with zero attached hydrogens (tertiary/aromatic N) is 2. The SMILES string of the molecule is CC(=O)NCSC[C@@H](NC(=O)[C@H]1O[C@@H]1C(=O)O)C(=O)N1CCN(c2ccccc2Cl)CC1. The van der Waals surface area contributed by atoms with E-state index in [0.29, 0.717) is 31.2 Å². The number of carboxylic acid groups (broad SMARTS) is 1. The summed E-state index contributed by atoms with van der Waals surface area (Å²) in [7, 11) is 0. The molecule has 174 valence electrons. The van der Waals surface area contributed by atoms with Crippen LogP contribution in [0, 0.1) is 0 Å². The number of halogens is 1. The number of anilines is 1. The lowest BCUT2D eigenvalue weighted by Gasteiger charge is -2.38. The average Bonchev–Trinajstić information content (AvgIpc) is 3.57. The Kier molecular flexibility index (Phi) is 8.21. The summed E-state index contributed by atoms with van der Waals surface area (Å²) in [5.41, 5.74) is 0.905. The van der Waals surface area contributed by atoms with Gasteiger partial charge in [-0.15, -0.1) is 11.8 Å². The highest BCUT2D eigenvalue weighted by Crippen LogP contribution is 2.26. The Labute approximate surface area is 194 Å². The molecule has 2 aliphatic rings. The molecule has 2 fully saturated rings. The van der Waals surface area contributed by atoms with Crippen LogP contribution in [0.25, 0.3) is 0 Å². The number of aliphatic carboxylic acids is 1. The fourth-order valence-corrected chi connectivity index (χ4v) is 4.49. The summed E-state index contributed by atoms with van der Waals surface area (Å²) in [6.45, 7) is 3.46. The number of benzene rings is 1. The molecule has 0 saturated carbocycles. The molecular weight excluding hydrogens is 460 g/mol. The maximum Gasteiger partial charge on any atom is 0.336 e. The Morgan fingerprint density at radius 1 is 1.19 bits per heavy atom. The van der Waals surface area contributed by atoms with Crippen molar-refractivity contribution in [3.63, 3.8) is 0 Å². The number of thioether (sulfide) groups is 1. The van der Waals surface area contributed by atoms with Gasteiger partial charge in [-0.05, 0) is 12.1 Å². The van der Waals surface area contributed by atoms with Gasteiger partial charge in [0, 0.05) is 38.9 Å². The number of piperazine rings is 1. The van der Waals surface area contributed by atoms with E-state index in [0.717, 1.165) is 5.69 Å². The van der Waals surface area contributed by atoms with E-state index in [1.54, 1.807) is 4.90 Å². The third-order valence-electron chi connectivity index (χ3n) is 5.10. The molecule has 0 radical (unpaired) electrons. The van der Waals surface area contributed by atoms with Crippen LogP contribution in [0.15, 0.2) is 24.3 Å². The van der Waals surface area contributed by atoms with Gasteiger partial charge in [-0.2, -0.15) is 0 Å². The highest BCUT2D eigenvalue weighted by molar-refractivity contribution is 7.99. The minimum atomic E-state index is -1.22. The summed E-state index contributed by atoms with van der Waals surface area (Å²) in [5.74, 6) is -1.81. The van der Waals surface area contributed by atoms with Crippen molar-refractivity contribution < 1.29 is 29.0 Å². The first-order chi connectivity index (χ1) is 15.3. The van der Waals surface area contributed by atoms with Crippen molar-refractivity contribution in [2.24, 2.45) is 0 Å². The molecule has 0 spiro atoms. The maximum atomic E-state index is 13.1. The highest BCUT2D eigenvalue weighted by Gasteiger charge is 2.51. The third kappa shape index (κ3) is 6.27. The fourth-order valence-electron chi connectivity index (χ4n) is 3.35. The van der Waals surface area contributed by atoms with Crippen molar-refractivity contribution in [2.75, 3.05) is 42.7 Å². The zero-order valence-electron chi connectivity index (χ0n) is 17.5. The number of para-hydroxylation sites is 1. The van der Waals surface area contributed by atoms with E-state index in [1.807, 2.05) is 24.3 Å². The molecule has 10 nitrogen and oxygen atoms in total. The van der Waals surface area contributed by atoms with Gasteiger partial charge in [0.15, 0.2) is 12.2 Å². The number of hydrogen-bond acceptors (Lipinski definition) is 7. The number of amides is 3. The van der Waals surface area contributed by atoms with Gasteiger partial charge < -0.3 is 30.3 Å². The summed E-state index contributed by atoms with van der Waals surface area (Å²) < 4.78 is 4.88. The smallest absolute Gasteiger partial charge is 0.336 e. The average molecular weight is 485 g/mol. The minimum Gasteiger partial charge on any atom is -0.479 e. The Balaban J connectivity index is 1.58. The number of carbonyl (C=O) groups excluding carboxylic acids is 3. The number of hydrogen-bond donors (Lipinski definition) is 3. The predicted octanol–water partition coefficient (Wildman–Crippen LogP) is 0.152. The molecule has 1 aromatic carbocycles.